The molecule has 2 heterocycles. The number of hydrogen-bond acceptors (Lipinski definition) is 9. The minimum Gasteiger partial charge on any atom is -0.460 e. The zero-order valence-electron chi connectivity index (χ0n) is 23.8. The van der Waals surface area contributed by atoms with Gasteiger partial charge in [-0.15, -0.1) is 6.42 Å². The van der Waals surface area contributed by atoms with Crippen LogP contribution in [0.3, 0.4) is 0 Å². The number of carbonyl (C=O) groups excluding carboxylic acids is 1. The van der Waals surface area contributed by atoms with E-state index >= 15 is 0 Å². The van der Waals surface area contributed by atoms with Gasteiger partial charge in [0.25, 0.3) is 0 Å². The summed E-state index contributed by atoms with van der Waals surface area (Å²) >= 11 is 0. The van der Waals surface area contributed by atoms with Crippen molar-refractivity contribution in [2.75, 3.05) is 119 Å². The SMILES string of the molecule is C#CCN1CCN(CCOCCOCCOCCN2CCN(Cc3ccc(C(=[N+]=[N-])C(=O)OC)cc3)CC2)CC1. The smallest absolute Gasteiger partial charge is 0.422 e. The highest BCUT2D eigenvalue weighted by Gasteiger charge is 2.23. The molecule has 0 aliphatic carbocycles. The van der Waals surface area contributed by atoms with Gasteiger partial charge in [-0.2, -0.15) is 4.79 Å². The second kappa shape index (κ2) is 18.7. The van der Waals surface area contributed by atoms with Crippen LogP contribution in [0.5, 0.6) is 0 Å². The first-order valence-electron chi connectivity index (χ1n) is 14.1. The Balaban J connectivity index is 1.14. The Kier molecular flexibility index (Phi) is 14.9. The Hall–Kier alpha value is -2.65. The summed E-state index contributed by atoms with van der Waals surface area (Å²) in [7, 11) is 1.26. The number of carbonyl (C=O) groups is 1. The van der Waals surface area contributed by atoms with Crippen molar-refractivity contribution in [2.24, 2.45) is 0 Å². The van der Waals surface area contributed by atoms with Gasteiger partial charge in [0.15, 0.2) is 0 Å². The Morgan fingerprint density at radius 2 is 1.27 bits per heavy atom. The van der Waals surface area contributed by atoms with E-state index in [-0.39, 0.29) is 5.71 Å². The van der Waals surface area contributed by atoms with Crippen molar-refractivity contribution >= 4 is 11.7 Å². The monoisotopic (exact) mass is 556 g/mol. The quantitative estimate of drug-likeness (QED) is 0.0669. The normalized spacial score (nSPS) is 17.3. The van der Waals surface area contributed by atoms with Crippen LogP contribution in [-0.4, -0.2) is 155 Å². The van der Waals surface area contributed by atoms with Crippen LogP contribution in [0.4, 0.5) is 0 Å². The number of esters is 1. The standard InChI is InChI=1S/C29H44N6O5/c1-3-8-32-9-11-33(12-10-32)17-19-38-21-23-40-24-22-39-20-18-34-13-15-35(16-14-34)25-26-4-6-27(7-5-26)28(31-30)29(36)37-2/h1,4-7H,8-25H2,2H3. The average Bonchev–Trinajstić information content (AvgIpc) is 2.99. The first-order valence-corrected chi connectivity index (χ1v) is 14.1. The van der Waals surface area contributed by atoms with Gasteiger partial charge in [-0.1, -0.05) is 18.1 Å². The molecule has 0 aromatic heterocycles. The van der Waals surface area contributed by atoms with Crippen LogP contribution in [0.15, 0.2) is 24.3 Å². The molecule has 0 bridgehead atoms. The van der Waals surface area contributed by atoms with Gasteiger partial charge in [0.05, 0.1) is 58.9 Å². The van der Waals surface area contributed by atoms with Crippen LogP contribution >= 0.6 is 0 Å². The molecular formula is C29H44N6O5. The lowest BCUT2D eigenvalue weighted by molar-refractivity contribution is -0.137. The molecule has 0 radical (unpaired) electrons. The third kappa shape index (κ3) is 11.5. The number of ether oxygens (including phenoxy) is 4. The van der Waals surface area contributed by atoms with Crippen LogP contribution in [0.1, 0.15) is 11.1 Å². The van der Waals surface area contributed by atoms with Gasteiger partial charge in [0.1, 0.15) is 0 Å². The van der Waals surface area contributed by atoms with E-state index in [1.54, 1.807) is 12.1 Å². The maximum atomic E-state index is 11.7. The van der Waals surface area contributed by atoms with E-state index in [2.05, 4.69) is 35.0 Å². The van der Waals surface area contributed by atoms with Gasteiger partial charge in [-0.05, 0) is 17.7 Å². The average molecular weight is 557 g/mol. The van der Waals surface area contributed by atoms with Crippen molar-refractivity contribution in [1.29, 1.82) is 0 Å². The van der Waals surface area contributed by atoms with Crippen molar-refractivity contribution in [2.45, 2.75) is 6.54 Å². The molecule has 40 heavy (non-hydrogen) atoms. The van der Waals surface area contributed by atoms with E-state index in [1.165, 1.54) is 7.11 Å². The second-order valence-corrected chi connectivity index (χ2v) is 9.91. The molecule has 0 N–H and O–H groups in total. The number of benzene rings is 1. The summed E-state index contributed by atoms with van der Waals surface area (Å²) in [6.45, 7) is 15.4. The van der Waals surface area contributed by atoms with Gasteiger partial charge in [-0.3, -0.25) is 19.6 Å². The van der Waals surface area contributed by atoms with E-state index in [1.807, 2.05) is 12.1 Å². The predicted octanol–water partition coefficient (Wildman–Crippen LogP) is 0.297. The number of nitrogens with zero attached hydrogens (tertiary/aromatic N) is 6. The molecule has 1 aromatic rings. The molecule has 0 spiro atoms. The molecule has 2 aliphatic heterocycles. The van der Waals surface area contributed by atoms with Gasteiger partial charge in [0, 0.05) is 72.0 Å². The van der Waals surface area contributed by atoms with E-state index in [0.717, 1.165) is 90.7 Å². The molecule has 11 nitrogen and oxygen atoms in total. The molecule has 1 aromatic carbocycles. The van der Waals surface area contributed by atoms with Gasteiger partial charge in [0.2, 0.25) is 0 Å². The van der Waals surface area contributed by atoms with Crippen molar-refractivity contribution < 1.29 is 28.5 Å². The van der Waals surface area contributed by atoms with Crippen LogP contribution < -0.4 is 0 Å². The topological polar surface area (TPSA) is 103 Å². The molecule has 220 valence electrons. The van der Waals surface area contributed by atoms with Crippen LogP contribution in [0.25, 0.3) is 5.53 Å². The number of hydrogen-bond donors (Lipinski definition) is 0. The van der Waals surface area contributed by atoms with Crippen LogP contribution in [-0.2, 0) is 30.3 Å². The molecule has 2 aliphatic rings. The lowest BCUT2D eigenvalue weighted by Gasteiger charge is -2.34. The van der Waals surface area contributed by atoms with Crippen molar-refractivity contribution in [3.63, 3.8) is 0 Å². The lowest BCUT2D eigenvalue weighted by Crippen LogP contribution is -2.47. The molecule has 0 atom stereocenters. The fourth-order valence-corrected chi connectivity index (χ4v) is 4.74. The van der Waals surface area contributed by atoms with Gasteiger partial charge in [-0.25, -0.2) is 4.79 Å². The predicted molar refractivity (Wildman–Crippen MR) is 152 cm³/mol. The Morgan fingerprint density at radius 1 is 0.800 bits per heavy atom. The molecule has 2 fully saturated rings. The number of piperazine rings is 2. The van der Waals surface area contributed by atoms with Crippen molar-refractivity contribution in [3.8, 4) is 12.3 Å². The Morgan fingerprint density at radius 3 is 1.75 bits per heavy atom. The van der Waals surface area contributed by atoms with Gasteiger partial charge >= 0.3 is 11.7 Å². The summed E-state index contributed by atoms with van der Waals surface area (Å²) in [5.74, 6) is 2.05. The molecular weight excluding hydrogens is 512 g/mol. The zero-order chi connectivity index (χ0) is 28.4. The second-order valence-electron chi connectivity index (χ2n) is 9.91. The minimum atomic E-state index is -0.665. The lowest BCUT2D eigenvalue weighted by atomic mass is 10.1. The molecule has 2 saturated heterocycles. The summed E-state index contributed by atoms with van der Waals surface area (Å²) in [5.41, 5.74) is 10.7. The van der Waals surface area contributed by atoms with Crippen molar-refractivity contribution in [1.82, 2.24) is 19.6 Å². The zero-order valence-corrected chi connectivity index (χ0v) is 23.8. The van der Waals surface area contributed by atoms with E-state index in [9.17, 15) is 4.79 Å². The summed E-state index contributed by atoms with van der Waals surface area (Å²) in [4.78, 5) is 24.3. The number of methoxy groups -OCH3 is 1. The third-order valence-electron chi connectivity index (χ3n) is 7.20. The van der Waals surface area contributed by atoms with Gasteiger partial charge < -0.3 is 24.5 Å². The molecule has 0 amide bonds. The maximum absolute atomic E-state index is 11.7. The van der Waals surface area contributed by atoms with Crippen LogP contribution in [0.2, 0.25) is 0 Å². The molecule has 0 unspecified atom stereocenters. The maximum Gasteiger partial charge on any atom is 0.422 e. The van der Waals surface area contributed by atoms with E-state index in [4.69, 9.17) is 26.2 Å². The van der Waals surface area contributed by atoms with Crippen molar-refractivity contribution in [3.05, 3.63) is 40.9 Å². The number of rotatable bonds is 17. The first kappa shape index (κ1) is 31.9. The fraction of sp³-hybridized carbons (Fsp3) is 0.655. The molecule has 11 heteroatoms. The molecule has 3 rings (SSSR count). The summed E-state index contributed by atoms with van der Waals surface area (Å²) in [6.07, 6.45) is 5.38. The number of terminal acetylenes is 1. The highest BCUT2D eigenvalue weighted by Crippen LogP contribution is 2.11. The Bertz CT molecular complexity index is 962. The van der Waals surface area contributed by atoms with Crippen LogP contribution in [0, 0.1) is 12.3 Å². The highest BCUT2D eigenvalue weighted by atomic mass is 16.5. The fourth-order valence-electron chi connectivity index (χ4n) is 4.74. The molecule has 0 saturated carbocycles. The largest absolute Gasteiger partial charge is 0.460 e. The summed E-state index contributed by atoms with van der Waals surface area (Å²) < 4.78 is 21.7. The Labute approximate surface area is 238 Å². The summed E-state index contributed by atoms with van der Waals surface area (Å²) in [5, 5.41) is 0. The van der Waals surface area contributed by atoms with E-state index in [0.29, 0.717) is 38.6 Å². The first-order chi connectivity index (χ1) is 19.6. The third-order valence-corrected chi connectivity index (χ3v) is 7.20. The summed E-state index contributed by atoms with van der Waals surface area (Å²) in [6, 6.07) is 7.45. The minimum absolute atomic E-state index is 0.0982. The van der Waals surface area contributed by atoms with E-state index < -0.39 is 5.97 Å². The highest BCUT2D eigenvalue weighted by molar-refractivity contribution is 6.40.